The van der Waals surface area contributed by atoms with Gasteiger partial charge in [-0.25, -0.2) is 0 Å². The predicted molar refractivity (Wildman–Crippen MR) is 83.9 cm³/mol. The maximum atomic E-state index is 12.0. The number of carbonyl (C=O) groups is 1. The zero-order valence-electron chi connectivity index (χ0n) is 12.0. The summed E-state index contributed by atoms with van der Waals surface area (Å²) in [5, 5.41) is 13.1. The van der Waals surface area contributed by atoms with Crippen molar-refractivity contribution in [2.45, 2.75) is 44.8 Å². The van der Waals surface area contributed by atoms with Crippen LogP contribution in [-0.2, 0) is 11.2 Å². The normalized spacial score (nSPS) is 20.7. The number of aliphatic hydroxyl groups is 1. The molecular formula is C16H23NO2S. The zero-order valence-corrected chi connectivity index (χ0v) is 12.8. The molecule has 0 aliphatic heterocycles. The van der Waals surface area contributed by atoms with E-state index in [0.717, 1.165) is 22.6 Å². The maximum absolute atomic E-state index is 12.0. The number of nitrogens with one attached hydrogen (secondary N) is 1. The second-order valence-corrected chi connectivity index (χ2v) is 6.46. The molecule has 2 N–H and O–H groups in total. The summed E-state index contributed by atoms with van der Waals surface area (Å²) in [6, 6.07) is 7.70. The van der Waals surface area contributed by atoms with E-state index < -0.39 is 6.10 Å². The third-order valence-electron chi connectivity index (χ3n) is 3.64. The summed E-state index contributed by atoms with van der Waals surface area (Å²) in [5.41, 5.74) is 2.20. The van der Waals surface area contributed by atoms with Gasteiger partial charge in [-0.2, -0.15) is 11.8 Å². The molecule has 0 bridgehead atoms. The molecule has 4 heteroatoms. The number of aliphatic hydroxyl groups excluding tert-OH is 1. The smallest absolute Gasteiger partial charge is 0.221 e. The number of hydrogen-bond donors (Lipinski definition) is 2. The first-order chi connectivity index (χ1) is 9.72. The fourth-order valence-electron chi connectivity index (χ4n) is 2.51. The van der Waals surface area contributed by atoms with Crippen LogP contribution in [0.2, 0.25) is 0 Å². The Kier molecular flexibility index (Phi) is 5.92. The summed E-state index contributed by atoms with van der Waals surface area (Å²) in [5.74, 6) is 2.02. The molecule has 0 fully saturated rings. The van der Waals surface area contributed by atoms with Crippen molar-refractivity contribution >= 4 is 17.7 Å². The van der Waals surface area contributed by atoms with Gasteiger partial charge in [0.2, 0.25) is 5.91 Å². The first-order valence-corrected chi connectivity index (χ1v) is 8.50. The van der Waals surface area contributed by atoms with Crippen molar-refractivity contribution in [3.8, 4) is 0 Å². The van der Waals surface area contributed by atoms with Crippen LogP contribution in [0, 0.1) is 0 Å². The number of unbranched alkanes of at least 4 members (excludes halogenated alkanes) is 1. The molecule has 1 aliphatic rings. The lowest BCUT2D eigenvalue weighted by molar-refractivity contribution is -0.122. The Morgan fingerprint density at radius 1 is 1.40 bits per heavy atom. The van der Waals surface area contributed by atoms with Crippen molar-refractivity contribution in [3.05, 3.63) is 35.4 Å². The Balaban J connectivity index is 1.80. The monoisotopic (exact) mass is 293 g/mol. The molecule has 0 aromatic heterocycles. The maximum Gasteiger partial charge on any atom is 0.221 e. The van der Waals surface area contributed by atoms with Crippen LogP contribution in [0.15, 0.2) is 24.3 Å². The van der Waals surface area contributed by atoms with E-state index in [4.69, 9.17) is 0 Å². The Bertz CT molecular complexity index is 450. The van der Waals surface area contributed by atoms with Crippen LogP contribution < -0.4 is 5.32 Å². The Hall–Kier alpha value is -1.00. The van der Waals surface area contributed by atoms with E-state index in [0.29, 0.717) is 12.8 Å². The topological polar surface area (TPSA) is 49.3 Å². The van der Waals surface area contributed by atoms with Crippen molar-refractivity contribution in [1.29, 1.82) is 0 Å². The van der Waals surface area contributed by atoms with Gasteiger partial charge in [0.15, 0.2) is 0 Å². The fraction of sp³-hybridized carbons (Fsp3) is 0.562. The molecule has 0 radical (unpaired) electrons. The summed E-state index contributed by atoms with van der Waals surface area (Å²) in [4.78, 5) is 12.0. The van der Waals surface area contributed by atoms with Crippen LogP contribution in [0.1, 0.15) is 43.4 Å². The molecule has 1 aliphatic carbocycles. The molecule has 0 saturated carbocycles. The van der Waals surface area contributed by atoms with E-state index in [1.807, 2.05) is 36.0 Å². The standard InChI is InChI=1S/C16H23NO2S/c1-2-3-9-20-10-8-15(19)17-16-13-7-5-4-6-12(13)11-14(16)18/h4-7,14,16,18H,2-3,8-11H2,1H3,(H,17,19). The highest BCUT2D eigenvalue weighted by molar-refractivity contribution is 7.99. The summed E-state index contributed by atoms with van der Waals surface area (Å²) in [7, 11) is 0. The van der Waals surface area contributed by atoms with Crippen LogP contribution in [0.4, 0.5) is 0 Å². The van der Waals surface area contributed by atoms with Gasteiger partial charge < -0.3 is 10.4 Å². The van der Waals surface area contributed by atoms with Crippen LogP contribution in [0.5, 0.6) is 0 Å². The van der Waals surface area contributed by atoms with Gasteiger partial charge >= 0.3 is 0 Å². The van der Waals surface area contributed by atoms with E-state index in [-0.39, 0.29) is 11.9 Å². The van der Waals surface area contributed by atoms with Crippen LogP contribution >= 0.6 is 11.8 Å². The fourth-order valence-corrected chi connectivity index (χ4v) is 3.53. The highest BCUT2D eigenvalue weighted by atomic mass is 32.2. The van der Waals surface area contributed by atoms with Crippen molar-refractivity contribution in [2.24, 2.45) is 0 Å². The Morgan fingerprint density at radius 2 is 2.20 bits per heavy atom. The number of carbonyl (C=O) groups excluding carboxylic acids is 1. The molecule has 1 amide bonds. The lowest BCUT2D eigenvalue weighted by Gasteiger charge is -2.17. The van der Waals surface area contributed by atoms with Gasteiger partial charge in [-0.1, -0.05) is 37.6 Å². The summed E-state index contributed by atoms with van der Waals surface area (Å²) in [6.07, 6.45) is 3.07. The second kappa shape index (κ2) is 7.70. The molecule has 0 saturated heterocycles. The molecule has 0 spiro atoms. The van der Waals surface area contributed by atoms with Gasteiger partial charge in [-0.3, -0.25) is 4.79 Å². The quantitative estimate of drug-likeness (QED) is 0.760. The number of rotatable bonds is 7. The molecule has 1 aromatic carbocycles. The molecule has 2 atom stereocenters. The number of fused-ring (bicyclic) bond motifs is 1. The highest BCUT2D eigenvalue weighted by Crippen LogP contribution is 2.31. The lowest BCUT2D eigenvalue weighted by Crippen LogP contribution is -2.34. The minimum atomic E-state index is -0.496. The minimum Gasteiger partial charge on any atom is -0.390 e. The molecule has 0 heterocycles. The van der Waals surface area contributed by atoms with E-state index in [2.05, 4.69) is 12.2 Å². The van der Waals surface area contributed by atoms with Crippen molar-refractivity contribution in [3.63, 3.8) is 0 Å². The number of hydrogen-bond acceptors (Lipinski definition) is 3. The van der Waals surface area contributed by atoms with Gasteiger partial charge in [0, 0.05) is 18.6 Å². The average molecular weight is 293 g/mol. The molecule has 20 heavy (non-hydrogen) atoms. The molecule has 1 aromatic rings. The summed E-state index contributed by atoms with van der Waals surface area (Å²) >= 11 is 1.83. The molecule has 2 unspecified atom stereocenters. The SMILES string of the molecule is CCCCSCCC(=O)NC1c2ccccc2CC1O. The number of benzene rings is 1. The Morgan fingerprint density at radius 3 is 3.00 bits per heavy atom. The molecule has 3 nitrogen and oxygen atoms in total. The molecular weight excluding hydrogens is 270 g/mol. The van der Waals surface area contributed by atoms with Crippen molar-refractivity contribution in [2.75, 3.05) is 11.5 Å². The summed E-state index contributed by atoms with van der Waals surface area (Å²) in [6.45, 7) is 2.17. The van der Waals surface area contributed by atoms with Crippen LogP contribution in [0.3, 0.4) is 0 Å². The lowest BCUT2D eigenvalue weighted by atomic mass is 10.1. The molecule has 110 valence electrons. The van der Waals surface area contributed by atoms with E-state index >= 15 is 0 Å². The minimum absolute atomic E-state index is 0.0368. The first-order valence-electron chi connectivity index (χ1n) is 7.35. The average Bonchev–Trinajstić information content (AvgIpc) is 2.75. The van der Waals surface area contributed by atoms with Gasteiger partial charge in [0.05, 0.1) is 12.1 Å². The largest absolute Gasteiger partial charge is 0.390 e. The molecule has 2 rings (SSSR count). The van der Waals surface area contributed by atoms with E-state index in [1.165, 1.54) is 12.8 Å². The number of thioether (sulfide) groups is 1. The van der Waals surface area contributed by atoms with Gasteiger partial charge in [0.1, 0.15) is 0 Å². The Labute approximate surface area is 125 Å². The second-order valence-electron chi connectivity index (χ2n) is 5.23. The van der Waals surface area contributed by atoms with Gasteiger partial charge in [0.25, 0.3) is 0 Å². The first kappa shape index (κ1) is 15.4. The predicted octanol–water partition coefficient (Wildman–Crippen LogP) is 2.68. The van der Waals surface area contributed by atoms with Crippen molar-refractivity contribution < 1.29 is 9.90 Å². The van der Waals surface area contributed by atoms with Crippen molar-refractivity contribution in [1.82, 2.24) is 5.32 Å². The number of amides is 1. The van der Waals surface area contributed by atoms with Crippen LogP contribution in [-0.4, -0.2) is 28.6 Å². The third kappa shape index (κ3) is 4.00. The van der Waals surface area contributed by atoms with Crippen LogP contribution in [0.25, 0.3) is 0 Å². The zero-order chi connectivity index (χ0) is 14.4. The third-order valence-corrected chi connectivity index (χ3v) is 4.71. The highest BCUT2D eigenvalue weighted by Gasteiger charge is 2.31. The van der Waals surface area contributed by atoms with E-state index in [9.17, 15) is 9.90 Å². The van der Waals surface area contributed by atoms with Gasteiger partial charge in [-0.05, 0) is 23.3 Å². The van der Waals surface area contributed by atoms with Gasteiger partial charge in [-0.15, -0.1) is 0 Å². The summed E-state index contributed by atoms with van der Waals surface area (Å²) < 4.78 is 0. The van der Waals surface area contributed by atoms with E-state index in [1.54, 1.807) is 0 Å².